The predicted molar refractivity (Wildman–Crippen MR) is 78.8 cm³/mol. The van der Waals surface area contributed by atoms with Gasteiger partial charge in [0.05, 0.1) is 6.54 Å². The number of thioether (sulfide) groups is 1. The fourth-order valence-corrected chi connectivity index (χ4v) is 3.45. The molecule has 1 aromatic heterocycles. The van der Waals surface area contributed by atoms with E-state index < -0.39 is 0 Å². The van der Waals surface area contributed by atoms with Crippen LogP contribution in [0, 0.1) is 5.82 Å². The highest BCUT2D eigenvalue weighted by molar-refractivity contribution is 7.99. The van der Waals surface area contributed by atoms with Crippen LogP contribution in [0.25, 0.3) is 0 Å². The number of fused-ring (bicyclic) bond motifs is 1. The van der Waals surface area contributed by atoms with Gasteiger partial charge in [-0.25, -0.2) is 4.39 Å². The van der Waals surface area contributed by atoms with Crippen LogP contribution in [0.2, 0.25) is 0 Å². The van der Waals surface area contributed by atoms with Gasteiger partial charge in [-0.3, -0.25) is 0 Å². The second-order valence-corrected chi connectivity index (χ2v) is 5.84. The Morgan fingerprint density at radius 2 is 2.33 bits per heavy atom. The zero-order chi connectivity index (χ0) is 14.8. The van der Waals surface area contributed by atoms with Crippen molar-refractivity contribution in [3.05, 3.63) is 35.4 Å². The molecule has 1 atom stereocenters. The van der Waals surface area contributed by atoms with Gasteiger partial charge >= 0.3 is 0 Å². The van der Waals surface area contributed by atoms with Crippen molar-refractivity contribution in [2.75, 3.05) is 5.75 Å². The molecule has 2 N–H and O–H groups in total. The smallest absolute Gasteiger partial charge is 0.191 e. The zero-order valence-corrected chi connectivity index (χ0v) is 12.6. The van der Waals surface area contributed by atoms with Crippen LogP contribution in [0.5, 0.6) is 5.75 Å². The second-order valence-electron chi connectivity index (χ2n) is 4.85. The van der Waals surface area contributed by atoms with Crippen LogP contribution in [-0.2, 0) is 19.5 Å². The van der Waals surface area contributed by atoms with E-state index in [-0.39, 0.29) is 11.9 Å². The predicted octanol–water partition coefficient (Wildman–Crippen LogP) is 1.99. The first-order valence-electron chi connectivity index (χ1n) is 6.91. The summed E-state index contributed by atoms with van der Waals surface area (Å²) in [5.41, 5.74) is 6.57. The summed E-state index contributed by atoms with van der Waals surface area (Å²) >= 11 is 1.59. The van der Waals surface area contributed by atoms with E-state index in [1.54, 1.807) is 23.9 Å². The summed E-state index contributed by atoms with van der Waals surface area (Å²) in [6.45, 7) is 3.21. The molecule has 0 fully saturated rings. The maximum atomic E-state index is 13.2. The highest BCUT2D eigenvalue weighted by atomic mass is 32.2. The van der Waals surface area contributed by atoms with E-state index >= 15 is 0 Å². The highest BCUT2D eigenvalue weighted by Crippen LogP contribution is 2.31. The largest absolute Gasteiger partial charge is 0.489 e. The van der Waals surface area contributed by atoms with E-state index in [1.807, 2.05) is 11.5 Å². The third-order valence-corrected chi connectivity index (χ3v) is 4.55. The van der Waals surface area contributed by atoms with Gasteiger partial charge in [0.15, 0.2) is 5.16 Å². The molecule has 0 bridgehead atoms. The number of hydrogen-bond acceptors (Lipinski definition) is 5. The molecule has 1 aromatic carbocycles. The summed E-state index contributed by atoms with van der Waals surface area (Å²) in [5.74, 6) is 2.10. The van der Waals surface area contributed by atoms with Crippen molar-refractivity contribution in [3.8, 4) is 5.75 Å². The number of nitrogens with two attached hydrogens (primary N) is 1. The Bertz CT molecular complexity index is 646. The Hall–Kier alpha value is -1.60. The quantitative estimate of drug-likeness (QED) is 0.856. The second kappa shape index (κ2) is 6.03. The lowest BCUT2D eigenvalue weighted by molar-refractivity contribution is 0.259. The summed E-state index contributed by atoms with van der Waals surface area (Å²) in [5, 5.41) is 9.09. The topological polar surface area (TPSA) is 66.0 Å². The molecule has 0 saturated heterocycles. The molecule has 21 heavy (non-hydrogen) atoms. The Morgan fingerprint density at radius 1 is 1.48 bits per heavy atom. The molecule has 1 unspecified atom stereocenters. The van der Waals surface area contributed by atoms with E-state index in [0.717, 1.165) is 41.0 Å². The van der Waals surface area contributed by atoms with Crippen molar-refractivity contribution >= 4 is 11.8 Å². The molecule has 0 amide bonds. The molecule has 0 saturated carbocycles. The fourth-order valence-electron chi connectivity index (χ4n) is 2.44. The lowest BCUT2D eigenvalue weighted by Crippen LogP contribution is -2.16. The zero-order valence-electron chi connectivity index (χ0n) is 11.8. The van der Waals surface area contributed by atoms with Crippen LogP contribution in [0.4, 0.5) is 4.39 Å². The number of rotatable bonds is 5. The molecule has 112 valence electrons. The van der Waals surface area contributed by atoms with Gasteiger partial charge in [-0.15, -0.1) is 10.2 Å². The van der Waals surface area contributed by atoms with Gasteiger partial charge in [0.1, 0.15) is 23.5 Å². The molecule has 3 rings (SSSR count). The summed E-state index contributed by atoms with van der Waals surface area (Å²) < 4.78 is 21.0. The number of halogens is 1. The fraction of sp³-hybridized carbons (Fsp3) is 0.429. The minimum absolute atomic E-state index is 0.0372. The van der Waals surface area contributed by atoms with E-state index in [4.69, 9.17) is 10.5 Å². The first-order valence-corrected chi connectivity index (χ1v) is 7.89. The molecule has 0 spiro atoms. The third-order valence-electron chi connectivity index (χ3n) is 3.45. The van der Waals surface area contributed by atoms with Crippen LogP contribution in [0.1, 0.15) is 18.3 Å². The minimum atomic E-state index is -0.219. The summed E-state index contributed by atoms with van der Waals surface area (Å²) in [6.07, 6.45) is 0.763. The molecule has 5 nitrogen and oxygen atoms in total. The van der Waals surface area contributed by atoms with E-state index in [9.17, 15) is 4.39 Å². The Balaban J connectivity index is 1.64. The number of aromatic nitrogens is 3. The molecule has 2 aromatic rings. The van der Waals surface area contributed by atoms with Crippen LogP contribution < -0.4 is 10.5 Å². The first kappa shape index (κ1) is 14.3. The average molecular weight is 308 g/mol. The minimum Gasteiger partial charge on any atom is -0.489 e. The third kappa shape index (κ3) is 2.89. The maximum Gasteiger partial charge on any atom is 0.191 e. The van der Waals surface area contributed by atoms with Crippen LogP contribution in [-0.4, -0.2) is 26.6 Å². The number of ether oxygens (including phenoxy) is 1. The number of hydrogen-bond donors (Lipinski definition) is 1. The van der Waals surface area contributed by atoms with Gasteiger partial charge in [0.2, 0.25) is 0 Å². The van der Waals surface area contributed by atoms with Gasteiger partial charge in [-0.1, -0.05) is 11.8 Å². The average Bonchev–Trinajstić information content (AvgIpc) is 3.06. The Labute approximate surface area is 126 Å². The molecule has 1 aliphatic heterocycles. The molecule has 0 aliphatic carbocycles. The number of nitrogens with zero attached hydrogens (tertiary/aromatic N) is 3. The molecular formula is C14H17FN4OS. The van der Waals surface area contributed by atoms with Crippen molar-refractivity contribution in [1.82, 2.24) is 14.8 Å². The molecule has 1 aliphatic rings. The van der Waals surface area contributed by atoms with Crippen LogP contribution in [0.15, 0.2) is 23.4 Å². The van der Waals surface area contributed by atoms with E-state index in [0.29, 0.717) is 6.54 Å². The van der Waals surface area contributed by atoms with Gasteiger partial charge in [0, 0.05) is 24.3 Å². The molecule has 0 radical (unpaired) electrons. The highest BCUT2D eigenvalue weighted by Gasteiger charge is 2.24. The van der Waals surface area contributed by atoms with Crippen molar-refractivity contribution in [3.63, 3.8) is 0 Å². The van der Waals surface area contributed by atoms with Crippen LogP contribution >= 0.6 is 11.8 Å². The summed E-state index contributed by atoms with van der Waals surface area (Å²) in [6, 6.07) is 4.66. The summed E-state index contributed by atoms with van der Waals surface area (Å²) in [4.78, 5) is 0. The van der Waals surface area contributed by atoms with E-state index in [1.165, 1.54) is 6.07 Å². The normalized spacial score (nSPS) is 16.8. The van der Waals surface area contributed by atoms with Crippen LogP contribution in [0.3, 0.4) is 0 Å². The van der Waals surface area contributed by atoms with Crippen molar-refractivity contribution in [2.24, 2.45) is 5.73 Å². The number of benzene rings is 1. The van der Waals surface area contributed by atoms with Gasteiger partial charge in [0.25, 0.3) is 0 Å². The molecule has 2 heterocycles. The monoisotopic (exact) mass is 308 g/mol. The standard InChI is InChI=1S/C14H17FN4OS/c1-2-19-13(7-16)17-18-14(19)21-8-11-6-9-5-10(15)3-4-12(9)20-11/h3-5,11H,2,6-8,16H2,1H3. The first-order chi connectivity index (χ1) is 10.2. The summed E-state index contributed by atoms with van der Waals surface area (Å²) in [7, 11) is 0. The lowest BCUT2D eigenvalue weighted by Gasteiger charge is -2.10. The Morgan fingerprint density at radius 3 is 3.10 bits per heavy atom. The maximum absolute atomic E-state index is 13.2. The lowest BCUT2D eigenvalue weighted by atomic mass is 10.1. The Kier molecular flexibility index (Phi) is 4.12. The van der Waals surface area contributed by atoms with Gasteiger partial charge in [-0.05, 0) is 25.1 Å². The molecule has 7 heteroatoms. The van der Waals surface area contributed by atoms with Gasteiger partial charge in [-0.2, -0.15) is 0 Å². The van der Waals surface area contributed by atoms with Crippen molar-refractivity contribution in [1.29, 1.82) is 0 Å². The van der Waals surface area contributed by atoms with Gasteiger partial charge < -0.3 is 15.0 Å². The van der Waals surface area contributed by atoms with Crippen molar-refractivity contribution < 1.29 is 9.13 Å². The van der Waals surface area contributed by atoms with E-state index in [2.05, 4.69) is 10.2 Å². The SMILES string of the molecule is CCn1c(CN)nnc1SCC1Cc2cc(F)ccc2O1. The molecular weight excluding hydrogens is 291 g/mol. The van der Waals surface area contributed by atoms with Crippen molar-refractivity contribution in [2.45, 2.75) is 37.7 Å².